The molecule has 4 rings (SSSR count). The maximum atomic E-state index is 12.2. The summed E-state index contributed by atoms with van der Waals surface area (Å²) in [6, 6.07) is 18.5. The van der Waals surface area contributed by atoms with Crippen molar-refractivity contribution in [1.29, 1.82) is 0 Å². The number of rotatable bonds is 4. The predicted octanol–water partition coefficient (Wildman–Crippen LogP) is 5.99. The summed E-state index contributed by atoms with van der Waals surface area (Å²) in [5.74, 6) is 1.16. The number of hydrogen-bond acceptors (Lipinski definition) is 2. The highest BCUT2D eigenvalue weighted by atomic mass is 16.5. The van der Waals surface area contributed by atoms with Crippen LogP contribution in [0, 0.1) is 20.8 Å². The molecule has 3 aromatic carbocycles. The minimum atomic E-state index is 0.268. The van der Waals surface area contributed by atoms with E-state index in [-0.39, 0.29) is 5.78 Å². The van der Waals surface area contributed by atoms with Crippen molar-refractivity contribution in [3.05, 3.63) is 88.0 Å². The number of ether oxygens (including phenoxy) is 1. The number of ketones is 1. The molecule has 0 atom stereocenters. The van der Waals surface area contributed by atoms with E-state index in [0.717, 1.165) is 23.3 Å². The van der Waals surface area contributed by atoms with Crippen molar-refractivity contribution in [2.45, 2.75) is 40.2 Å². The van der Waals surface area contributed by atoms with Gasteiger partial charge in [0.05, 0.1) is 0 Å². The molecule has 0 N–H and O–H groups in total. The molecule has 0 fully saturated rings. The molecular weight excluding hydrogens is 332 g/mol. The van der Waals surface area contributed by atoms with Crippen molar-refractivity contribution in [2.24, 2.45) is 0 Å². The molecule has 0 amide bonds. The SMILES string of the molecule is Cc1cc(OCc2ccccc2)cc(C)c1-c1c(C)ccc2c1CCC2=O. The van der Waals surface area contributed by atoms with Gasteiger partial charge in [-0.2, -0.15) is 0 Å². The smallest absolute Gasteiger partial charge is 0.163 e. The molecule has 3 aromatic rings. The van der Waals surface area contributed by atoms with Crippen LogP contribution in [0.3, 0.4) is 0 Å². The van der Waals surface area contributed by atoms with E-state index in [0.29, 0.717) is 13.0 Å². The fourth-order valence-electron chi connectivity index (χ4n) is 4.15. The first-order valence-corrected chi connectivity index (χ1v) is 9.48. The van der Waals surface area contributed by atoms with Crippen molar-refractivity contribution in [2.75, 3.05) is 0 Å². The van der Waals surface area contributed by atoms with E-state index in [1.807, 2.05) is 24.3 Å². The van der Waals surface area contributed by atoms with Gasteiger partial charge in [-0.25, -0.2) is 0 Å². The zero-order valence-electron chi connectivity index (χ0n) is 16.1. The average Bonchev–Trinajstić information content (AvgIpc) is 3.03. The summed E-state index contributed by atoms with van der Waals surface area (Å²) < 4.78 is 6.03. The van der Waals surface area contributed by atoms with Gasteiger partial charge in [0.25, 0.3) is 0 Å². The molecule has 1 aliphatic rings. The van der Waals surface area contributed by atoms with Crippen molar-refractivity contribution in [3.63, 3.8) is 0 Å². The number of hydrogen-bond donors (Lipinski definition) is 0. The summed E-state index contributed by atoms with van der Waals surface area (Å²) in [6.45, 7) is 6.96. The van der Waals surface area contributed by atoms with Crippen molar-refractivity contribution < 1.29 is 9.53 Å². The van der Waals surface area contributed by atoms with Crippen LogP contribution in [0.4, 0.5) is 0 Å². The Hall–Kier alpha value is -2.87. The van der Waals surface area contributed by atoms with Crippen LogP contribution in [0.15, 0.2) is 54.6 Å². The Morgan fingerprint density at radius 3 is 2.22 bits per heavy atom. The first-order valence-electron chi connectivity index (χ1n) is 9.48. The first-order chi connectivity index (χ1) is 13.0. The van der Waals surface area contributed by atoms with E-state index >= 15 is 0 Å². The number of fused-ring (bicyclic) bond motifs is 1. The molecule has 1 aliphatic carbocycles. The van der Waals surface area contributed by atoms with E-state index in [1.54, 1.807) is 0 Å². The largest absolute Gasteiger partial charge is 0.489 e. The topological polar surface area (TPSA) is 26.3 Å². The third-order valence-corrected chi connectivity index (χ3v) is 5.43. The van der Waals surface area contributed by atoms with E-state index in [4.69, 9.17) is 4.74 Å². The highest BCUT2D eigenvalue weighted by Gasteiger charge is 2.25. The summed E-state index contributed by atoms with van der Waals surface area (Å²) in [7, 11) is 0. The summed E-state index contributed by atoms with van der Waals surface area (Å²) in [4.78, 5) is 12.2. The molecule has 0 saturated carbocycles. The summed E-state index contributed by atoms with van der Waals surface area (Å²) in [5, 5.41) is 0. The van der Waals surface area contributed by atoms with Gasteiger partial charge in [0.15, 0.2) is 5.78 Å². The Bertz CT molecular complexity index is 993. The molecule has 2 heteroatoms. The minimum absolute atomic E-state index is 0.268. The molecule has 0 unspecified atom stereocenters. The maximum Gasteiger partial charge on any atom is 0.163 e. The quantitative estimate of drug-likeness (QED) is 0.574. The molecular formula is C25H24O2. The van der Waals surface area contributed by atoms with Gasteiger partial charge in [0.1, 0.15) is 12.4 Å². The van der Waals surface area contributed by atoms with Crippen molar-refractivity contribution >= 4 is 5.78 Å². The second-order valence-corrected chi connectivity index (χ2v) is 7.41. The highest BCUT2D eigenvalue weighted by Crippen LogP contribution is 2.39. The van der Waals surface area contributed by atoms with Crippen LogP contribution in [-0.2, 0) is 13.0 Å². The lowest BCUT2D eigenvalue weighted by Gasteiger charge is -2.18. The van der Waals surface area contributed by atoms with E-state index in [9.17, 15) is 4.79 Å². The highest BCUT2D eigenvalue weighted by molar-refractivity contribution is 6.03. The number of aryl methyl sites for hydroxylation is 3. The first kappa shape index (κ1) is 17.5. The summed E-state index contributed by atoms with van der Waals surface area (Å²) in [5.41, 5.74) is 9.36. The van der Waals surface area contributed by atoms with Gasteiger partial charge in [0.2, 0.25) is 0 Å². The van der Waals surface area contributed by atoms with Gasteiger partial charge in [-0.1, -0.05) is 42.5 Å². The predicted molar refractivity (Wildman–Crippen MR) is 110 cm³/mol. The van der Waals surface area contributed by atoms with E-state index < -0.39 is 0 Å². The van der Waals surface area contributed by atoms with Gasteiger partial charge in [0, 0.05) is 12.0 Å². The molecule has 2 nitrogen and oxygen atoms in total. The van der Waals surface area contributed by atoms with Crippen molar-refractivity contribution in [3.8, 4) is 16.9 Å². The Balaban J connectivity index is 1.71. The number of benzene rings is 3. The normalized spacial score (nSPS) is 12.9. The Morgan fingerprint density at radius 2 is 1.52 bits per heavy atom. The zero-order valence-corrected chi connectivity index (χ0v) is 16.1. The Morgan fingerprint density at radius 1 is 0.815 bits per heavy atom. The third-order valence-electron chi connectivity index (χ3n) is 5.43. The molecule has 0 spiro atoms. The Labute approximate surface area is 160 Å². The average molecular weight is 356 g/mol. The van der Waals surface area contributed by atoms with E-state index in [1.165, 1.54) is 33.4 Å². The Kier molecular flexibility index (Phi) is 4.57. The zero-order chi connectivity index (χ0) is 19.0. The maximum absolute atomic E-state index is 12.2. The summed E-state index contributed by atoms with van der Waals surface area (Å²) in [6.07, 6.45) is 1.47. The van der Waals surface area contributed by atoms with Crippen LogP contribution in [0.2, 0.25) is 0 Å². The molecule has 0 bridgehead atoms. The molecule has 136 valence electrons. The lowest BCUT2D eigenvalue weighted by molar-refractivity contribution is 0.0994. The fourth-order valence-corrected chi connectivity index (χ4v) is 4.15. The summed E-state index contributed by atoms with van der Waals surface area (Å²) >= 11 is 0. The van der Waals surface area contributed by atoms with Crippen LogP contribution < -0.4 is 4.74 Å². The van der Waals surface area contributed by atoms with Crippen LogP contribution >= 0.6 is 0 Å². The molecule has 0 aromatic heterocycles. The lowest BCUT2D eigenvalue weighted by Crippen LogP contribution is -2.00. The minimum Gasteiger partial charge on any atom is -0.489 e. The van der Waals surface area contributed by atoms with Crippen LogP contribution in [-0.4, -0.2) is 5.78 Å². The third kappa shape index (κ3) is 3.28. The molecule has 27 heavy (non-hydrogen) atoms. The molecule has 0 heterocycles. The van der Waals surface area contributed by atoms with Gasteiger partial charge in [-0.05, 0) is 78.3 Å². The number of carbonyl (C=O) groups is 1. The van der Waals surface area contributed by atoms with Gasteiger partial charge in [-0.3, -0.25) is 4.79 Å². The van der Waals surface area contributed by atoms with Crippen molar-refractivity contribution in [1.82, 2.24) is 0 Å². The standard InChI is InChI=1S/C25H24O2/c1-16-9-10-21-22(11-12-23(21)26)25(16)24-17(2)13-20(14-18(24)3)27-15-19-7-5-4-6-8-19/h4-10,13-14H,11-12,15H2,1-3H3. The molecule has 0 radical (unpaired) electrons. The fraction of sp³-hybridized carbons (Fsp3) is 0.240. The second kappa shape index (κ2) is 7.03. The van der Waals surface area contributed by atoms with E-state index in [2.05, 4.69) is 51.1 Å². The molecule has 0 aliphatic heterocycles. The van der Waals surface area contributed by atoms with Gasteiger partial charge >= 0.3 is 0 Å². The van der Waals surface area contributed by atoms with Crippen LogP contribution in [0.25, 0.3) is 11.1 Å². The van der Waals surface area contributed by atoms with Gasteiger partial charge < -0.3 is 4.74 Å². The number of Topliss-reactive ketones (excluding diaryl/α,β-unsaturated/α-hetero) is 1. The lowest BCUT2D eigenvalue weighted by atomic mass is 9.87. The van der Waals surface area contributed by atoms with Gasteiger partial charge in [-0.15, -0.1) is 0 Å². The van der Waals surface area contributed by atoms with Crippen LogP contribution in [0.5, 0.6) is 5.75 Å². The molecule has 0 saturated heterocycles. The van der Waals surface area contributed by atoms with Crippen LogP contribution in [0.1, 0.15) is 44.6 Å². The monoisotopic (exact) mass is 356 g/mol. The second-order valence-electron chi connectivity index (χ2n) is 7.41. The number of carbonyl (C=O) groups excluding carboxylic acids is 1.